The minimum Gasteiger partial charge on any atom is -0.329 e. The molecule has 0 radical (unpaired) electrons. The van der Waals surface area contributed by atoms with Crippen molar-refractivity contribution in [3.63, 3.8) is 0 Å². The number of pyridine rings is 1. The monoisotopic (exact) mass is 276 g/mol. The van der Waals surface area contributed by atoms with E-state index in [9.17, 15) is 4.79 Å². The van der Waals surface area contributed by atoms with Crippen molar-refractivity contribution >= 4 is 23.5 Å². The summed E-state index contributed by atoms with van der Waals surface area (Å²) in [4.78, 5) is 20.1. The molecule has 1 N–H and O–H groups in total. The predicted molar refractivity (Wildman–Crippen MR) is 76.2 cm³/mol. The van der Waals surface area contributed by atoms with Gasteiger partial charge in [-0.15, -0.1) is 0 Å². The fourth-order valence-corrected chi connectivity index (χ4v) is 2.41. The van der Waals surface area contributed by atoms with E-state index in [1.165, 1.54) is 0 Å². The highest BCUT2D eigenvalue weighted by Gasteiger charge is 2.07. The molecule has 0 aliphatic rings. The molecule has 19 heavy (non-hydrogen) atoms. The third kappa shape index (κ3) is 3.82. The van der Waals surface area contributed by atoms with Crippen LogP contribution in [0.25, 0.3) is 0 Å². The summed E-state index contributed by atoms with van der Waals surface area (Å²) in [6.45, 7) is 1.92. The Balaban J connectivity index is 1.79. The number of carbonyl (C=O) groups is 1. The van der Waals surface area contributed by atoms with Gasteiger partial charge in [0.05, 0.1) is 0 Å². The molecular formula is C13H16N4OS. The van der Waals surface area contributed by atoms with Crippen molar-refractivity contribution in [2.45, 2.75) is 18.5 Å². The number of hydrogen-bond acceptors (Lipinski definition) is 4. The van der Waals surface area contributed by atoms with Crippen LogP contribution in [-0.2, 0) is 11.8 Å². The number of amides is 1. The van der Waals surface area contributed by atoms with Crippen molar-refractivity contribution in [3.8, 4) is 0 Å². The smallest absolute Gasteiger partial charge is 0.226 e. The van der Waals surface area contributed by atoms with Gasteiger partial charge in [0.2, 0.25) is 5.91 Å². The molecule has 2 aromatic heterocycles. The molecule has 2 rings (SSSR count). The topological polar surface area (TPSA) is 59.8 Å². The summed E-state index contributed by atoms with van der Waals surface area (Å²) in [6, 6.07) is 3.77. The van der Waals surface area contributed by atoms with E-state index < -0.39 is 0 Å². The maximum atomic E-state index is 11.8. The second-order valence-corrected chi connectivity index (χ2v) is 5.20. The van der Waals surface area contributed by atoms with Crippen LogP contribution in [0.15, 0.2) is 35.9 Å². The molecule has 0 aliphatic carbocycles. The second-order valence-electron chi connectivity index (χ2n) is 4.14. The number of nitrogens with one attached hydrogen (secondary N) is 1. The lowest BCUT2D eigenvalue weighted by atomic mass is 10.3. The first-order chi connectivity index (χ1) is 9.16. The number of rotatable bonds is 5. The average Bonchev–Trinajstić information content (AvgIpc) is 2.78. The van der Waals surface area contributed by atoms with E-state index in [0.29, 0.717) is 18.0 Å². The maximum Gasteiger partial charge on any atom is 0.226 e. The van der Waals surface area contributed by atoms with Gasteiger partial charge in [0, 0.05) is 37.8 Å². The SMILES string of the molecule is Cc1cccnc1NC(=O)CCSc1nccn1C. The standard InChI is InChI=1S/C13H16N4OS/c1-10-4-3-6-14-12(10)16-11(18)5-9-19-13-15-7-8-17(13)2/h3-4,6-8H,5,9H2,1-2H3,(H,14,16,18). The Hall–Kier alpha value is -1.82. The van der Waals surface area contributed by atoms with E-state index in [4.69, 9.17) is 0 Å². The Morgan fingerprint density at radius 1 is 1.42 bits per heavy atom. The summed E-state index contributed by atoms with van der Waals surface area (Å²) in [5.74, 6) is 1.31. The zero-order chi connectivity index (χ0) is 13.7. The van der Waals surface area contributed by atoms with Gasteiger partial charge in [0.15, 0.2) is 5.16 Å². The van der Waals surface area contributed by atoms with Crippen LogP contribution < -0.4 is 5.32 Å². The average molecular weight is 276 g/mol. The molecule has 0 aliphatic heterocycles. The Kier molecular flexibility index (Phi) is 4.57. The van der Waals surface area contributed by atoms with E-state index in [2.05, 4.69) is 15.3 Å². The van der Waals surface area contributed by atoms with Gasteiger partial charge in [-0.3, -0.25) is 4.79 Å². The quantitative estimate of drug-likeness (QED) is 0.851. The molecule has 0 bridgehead atoms. The number of aryl methyl sites for hydroxylation is 2. The van der Waals surface area contributed by atoms with E-state index >= 15 is 0 Å². The Labute approximate surface area is 116 Å². The van der Waals surface area contributed by atoms with Crippen molar-refractivity contribution in [3.05, 3.63) is 36.3 Å². The first-order valence-electron chi connectivity index (χ1n) is 5.98. The molecule has 0 unspecified atom stereocenters. The molecule has 5 nitrogen and oxygen atoms in total. The molecule has 0 saturated carbocycles. The number of aromatic nitrogens is 3. The van der Waals surface area contributed by atoms with Gasteiger partial charge in [-0.2, -0.15) is 0 Å². The first-order valence-corrected chi connectivity index (χ1v) is 6.97. The highest BCUT2D eigenvalue weighted by Crippen LogP contribution is 2.16. The molecule has 0 fully saturated rings. The molecule has 0 saturated heterocycles. The zero-order valence-electron chi connectivity index (χ0n) is 11.0. The van der Waals surface area contributed by atoms with Crippen molar-refractivity contribution in [2.75, 3.05) is 11.1 Å². The lowest BCUT2D eigenvalue weighted by Gasteiger charge is -2.06. The van der Waals surface area contributed by atoms with E-state index in [0.717, 1.165) is 10.7 Å². The van der Waals surface area contributed by atoms with Crippen LogP contribution in [0, 0.1) is 6.92 Å². The van der Waals surface area contributed by atoms with Crippen molar-refractivity contribution in [1.82, 2.24) is 14.5 Å². The van der Waals surface area contributed by atoms with Gasteiger partial charge < -0.3 is 9.88 Å². The third-order valence-electron chi connectivity index (χ3n) is 2.60. The summed E-state index contributed by atoms with van der Waals surface area (Å²) in [7, 11) is 1.94. The Bertz CT molecular complexity index is 567. The minimum absolute atomic E-state index is 0.0245. The fourth-order valence-electron chi connectivity index (χ4n) is 1.54. The van der Waals surface area contributed by atoms with Crippen LogP contribution in [0.4, 0.5) is 5.82 Å². The van der Waals surface area contributed by atoms with E-state index in [1.54, 1.807) is 24.2 Å². The van der Waals surface area contributed by atoms with Gasteiger partial charge >= 0.3 is 0 Å². The van der Waals surface area contributed by atoms with Crippen molar-refractivity contribution < 1.29 is 4.79 Å². The molecule has 1 amide bonds. The number of imidazole rings is 1. The van der Waals surface area contributed by atoms with E-state index in [-0.39, 0.29) is 5.91 Å². The summed E-state index contributed by atoms with van der Waals surface area (Å²) >= 11 is 1.57. The molecule has 0 spiro atoms. The highest BCUT2D eigenvalue weighted by atomic mass is 32.2. The summed E-state index contributed by atoms with van der Waals surface area (Å²) in [5, 5.41) is 3.73. The second kappa shape index (κ2) is 6.38. The lowest BCUT2D eigenvalue weighted by molar-refractivity contribution is -0.115. The van der Waals surface area contributed by atoms with Crippen LogP contribution in [0.1, 0.15) is 12.0 Å². The molecule has 100 valence electrons. The summed E-state index contributed by atoms with van der Waals surface area (Å²) in [6.07, 6.45) is 5.75. The van der Waals surface area contributed by atoms with E-state index in [1.807, 2.05) is 36.9 Å². The molecular weight excluding hydrogens is 260 g/mol. The van der Waals surface area contributed by atoms with Crippen LogP contribution in [0.3, 0.4) is 0 Å². The lowest BCUT2D eigenvalue weighted by Crippen LogP contribution is -2.14. The summed E-state index contributed by atoms with van der Waals surface area (Å²) < 4.78 is 1.94. The van der Waals surface area contributed by atoms with Crippen LogP contribution in [0.2, 0.25) is 0 Å². The van der Waals surface area contributed by atoms with Crippen LogP contribution >= 0.6 is 11.8 Å². The van der Waals surface area contributed by atoms with Gasteiger partial charge in [-0.1, -0.05) is 17.8 Å². The number of anilines is 1. The van der Waals surface area contributed by atoms with Crippen LogP contribution in [-0.4, -0.2) is 26.2 Å². The number of hydrogen-bond donors (Lipinski definition) is 1. The third-order valence-corrected chi connectivity index (χ3v) is 3.66. The molecule has 2 aromatic rings. The Morgan fingerprint density at radius 2 is 2.26 bits per heavy atom. The number of thioether (sulfide) groups is 1. The van der Waals surface area contributed by atoms with Crippen molar-refractivity contribution in [1.29, 1.82) is 0 Å². The summed E-state index contributed by atoms with van der Waals surface area (Å²) in [5.41, 5.74) is 0.965. The highest BCUT2D eigenvalue weighted by molar-refractivity contribution is 7.99. The maximum absolute atomic E-state index is 11.8. The molecule has 0 aromatic carbocycles. The Morgan fingerprint density at radius 3 is 2.95 bits per heavy atom. The van der Waals surface area contributed by atoms with Gasteiger partial charge in [-0.05, 0) is 18.6 Å². The molecule has 6 heteroatoms. The minimum atomic E-state index is -0.0245. The van der Waals surface area contributed by atoms with Crippen molar-refractivity contribution in [2.24, 2.45) is 7.05 Å². The van der Waals surface area contributed by atoms with Crippen LogP contribution in [0.5, 0.6) is 0 Å². The zero-order valence-corrected chi connectivity index (χ0v) is 11.8. The number of nitrogens with zero attached hydrogens (tertiary/aromatic N) is 3. The molecule has 0 atom stereocenters. The van der Waals surface area contributed by atoms with Gasteiger partial charge in [0.25, 0.3) is 0 Å². The number of carbonyl (C=O) groups excluding carboxylic acids is 1. The molecule has 2 heterocycles. The largest absolute Gasteiger partial charge is 0.329 e. The normalized spacial score (nSPS) is 10.4. The fraction of sp³-hybridized carbons (Fsp3) is 0.308. The van der Waals surface area contributed by atoms with Gasteiger partial charge in [0.1, 0.15) is 5.82 Å². The first kappa shape index (κ1) is 13.6. The van der Waals surface area contributed by atoms with Gasteiger partial charge in [-0.25, -0.2) is 9.97 Å². The predicted octanol–water partition coefficient (Wildman–Crippen LogP) is 2.24.